The van der Waals surface area contributed by atoms with Crippen LogP contribution in [0.25, 0.3) is 10.6 Å². The third-order valence-corrected chi connectivity index (χ3v) is 4.02. The lowest BCUT2D eigenvalue weighted by Crippen LogP contribution is -2.09. The summed E-state index contributed by atoms with van der Waals surface area (Å²) in [4.78, 5) is 16.3. The standard InChI is InChI=1S/C13H13N5O2S/c1-2-17-8-14-6-9(17)7-18-12(10-4-3-5-21-10)11(13(19)20)15-16-18/h3-6,8H,2,7H2,1H3,(H,19,20). The van der Waals surface area contributed by atoms with Crippen molar-refractivity contribution in [3.05, 3.63) is 41.4 Å². The number of aromatic nitrogens is 5. The van der Waals surface area contributed by atoms with E-state index in [1.807, 2.05) is 29.0 Å². The highest BCUT2D eigenvalue weighted by atomic mass is 32.1. The van der Waals surface area contributed by atoms with Crippen LogP contribution in [-0.2, 0) is 13.1 Å². The molecule has 0 atom stereocenters. The van der Waals surface area contributed by atoms with Gasteiger partial charge in [-0.3, -0.25) is 0 Å². The molecule has 0 saturated heterocycles. The molecule has 0 spiro atoms. The van der Waals surface area contributed by atoms with Gasteiger partial charge in [-0.1, -0.05) is 11.3 Å². The second kappa shape index (κ2) is 5.49. The number of carboxylic acids is 1. The molecular formula is C13H13N5O2S. The molecule has 0 fully saturated rings. The first-order chi connectivity index (χ1) is 10.2. The van der Waals surface area contributed by atoms with Crippen molar-refractivity contribution in [1.82, 2.24) is 24.5 Å². The minimum atomic E-state index is -1.08. The van der Waals surface area contributed by atoms with E-state index in [1.54, 1.807) is 17.2 Å². The van der Waals surface area contributed by atoms with Gasteiger partial charge < -0.3 is 9.67 Å². The fraction of sp³-hybridized carbons (Fsp3) is 0.231. The molecule has 0 radical (unpaired) electrons. The number of nitrogens with zero attached hydrogens (tertiary/aromatic N) is 5. The molecule has 3 aromatic heterocycles. The number of imidazole rings is 1. The molecule has 3 heterocycles. The smallest absolute Gasteiger partial charge is 0.358 e. The molecule has 0 aromatic carbocycles. The van der Waals surface area contributed by atoms with E-state index in [0.717, 1.165) is 17.1 Å². The van der Waals surface area contributed by atoms with E-state index in [9.17, 15) is 9.90 Å². The van der Waals surface area contributed by atoms with Crippen LogP contribution in [-0.4, -0.2) is 35.6 Å². The first kappa shape index (κ1) is 13.5. The van der Waals surface area contributed by atoms with Crippen LogP contribution < -0.4 is 0 Å². The van der Waals surface area contributed by atoms with Gasteiger partial charge in [-0.15, -0.1) is 16.4 Å². The minimum absolute atomic E-state index is 0.0278. The predicted molar refractivity (Wildman–Crippen MR) is 77.3 cm³/mol. The van der Waals surface area contributed by atoms with Crippen LogP contribution in [0.1, 0.15) is 23.1 Å². The van der Waals surface area contributed by atoms with E-state index in [2.05, 4.69) is 15.3 Å². The van der Waals surface area contributed by atoms with Gasteiger partial charge in [-0.2, -0.15) is 0 Å². The lowest BCUT2D eigenvalue weighted by molar-refractivity contribution is 0.0691. The monoisotopic (exact) mass is 303 g/mol. The molecule has 0 aliphatic rings. The molecule has 0 saturated carbocycles. The molecule has 8 heteroatoms. The minimum Gasteiger partial charge on any atom is -0.476 e. The van der Waals surface area contributed by atoms with E-state index in [4.69, 9.17) is 0 Å². The van der Waals surface area contributed by atoms with Crippen molar-refractivity contribution in [3.63, 3.8) is 0 Å². The van der Waals surface area contributed by atoms with Crippen molar-refractivity contribution in [2.24, 2.45) is 0 Å². The second-order valence-electron chi connectivity index (χ2n) is 4.40. The van der Waals surface area contributed by atoms with Crippen molar-refractivity contribution < 1.29 is 9.90 Å². The van der Waals surface area contributed by atoms with Gasteiger partial charge in [0.25, 0.3) is 0 Å². The Morgan fingerprint density at radius 1 is 1.48 bits per heavy atom. The van der Waals surface area contributed by atoms with Gasteiger partial charge in [0, 0.05) is 6.54 Å². The number of rotatable bonds is 5. The maximum atomic E-state index is 11.3. The summed E-state index contributed by atoms with van der Waals surface area (Å²) in [6.07, 6.45) is 3.50. The summed E-state index contributed by atoms with van der Waals surface area (Å²) in [5.74, 6) is -1.08. The topological polar surface area (TPSA) is 85.8 Å². The lowest BCUT2D eigenvalue weighted by Gasteiger charge is -2.07. The molecule has 0 aliphatic carbocycles. The van der Waals surface area contributed by atoms with Crippen LogP contribution in [0.4, 0.5) is 0 Å². The Balaban J connectivity index is 2.05. The van der Waals surface area contributed by atoms with Crippen LogP contribution in [0.15, 0.2) is 30.0 Å². The third-order valence-electron chi connectivity index (χ3n) is 3.14. The largest absolute Gasteiger partial charge is 0.476 e. The van der Waals surface area contributed by atoms with Crippen molar-refractivity contribution in [2.75, 3.05) is 0 Å². The first-order valence-electron chi connectivity index (χ1n) is 6.40. The molecule has 3 rings (SSSR count). The van der Waals surface area contributed by atoms with Crippen LogP contribution in [0.5, 0.6) is 0 Å². The third kappa shape index (κ3) is 2.45. The normalized spacial score (nSPS) is 10.9. The molecule has 0 bridgehead atoms. The van der Waals surface area contributed by atoms with E-state index in [0.29, 0.717) is 12.2 Å². The number of carboxylic acid groups (broad SMARTS) is 1. The zero-order chi connectivity index (χ0) is 14.8. The van der Waals surface area contributed by atoms with E-state index in [1.165, 1.54) is 11.3 Å². The molecule has 108 valence electrons. The van der Waals surface area contributed by atoms with Gasteiger partial charge in [-0.05, 0) is 18.4 Å². The Labute approximate surface area is 124 Å². The molecule has 0 unspecified atom stereocenters. The highest BCUT2D eigenvalue weighted by molar-refractivity contribution is 7.13. The SMILES string of the molecule is CCn1cncc1Cn1nnc(C(=O)O)c1-c1cccs1. The zero-order valence-corrected chi connectivity index (χ0v) is 12.1. The average molecular weight is 303 g/mol. The Morgan fingerprint density at radius 2 is 2.33 bits per heavy atom. The quantitative estimate of drug-likeness (QED) is 0.778. The Hall–Kier alpha value is -2.48. The van der Waals surface area contributed by atoms with Gasteiger partial charge >= 0.3 is 5.97 Å². The molecule has 1 N–H and O–H groups in total. The van der Waals surface area contributed by atoms with E-state index in [-0.39, 0.29) is 5.69 Å². The summed E-state index contributed by atoms with van der Waals surface area (Å²) >= 11 is 1.46. The van der Waals surface area contributed by atoms with Gasteiger partial charge in [0.2, 0.25) is 0 Å². The number of aryl methyl sites for hydroxylation is 1. The van der Waals surface area contributed by atoms with Gasteiger partial charge in [0.1, 0.15) is 5.69 Å². The second-order valence-corrected chi connectivity index (χ2v) is 5.35. The molecule has 0 aliphatic heterocycles. The van der Waals surface area contributed by atoms with Crippen molar-refractivity contribution >= 4 is 17.3 Å². The summed E-state index contributed by atoms with van der Waals surface area (Å²) in [7, 11) is 0. The molecular weight excluding hydrogens is 290 g/mol. The maximum absolute atomic E-state index is 11.3. The molecule has 0 amide bonds. The van der Waals surface area contributed by atoms with Crippen LogP contribution in [0.2, 0.25) is 0 Å². The van der Waals surface area contributed by atoms with E-state index >= 15 is 0 Å². The number of carbonyl (C=O) groups is 1. The highest BCUT2D eigenvalue weighted by Gasteiger charge is 2.21. The fourth-order valence-electron chi connectivity index (χ4n) is 2.14. The maximum Gasteiger partial charge on any atom is 0.358 e. The van der Waals surface area contributed by atoms with Gasteiger partial charge in [0.15, 0.2) is 5.69 Å². The predicted octanol–water partition coefficient (Wildman–Crippen LogP) is 1.97. The summed E-state index contributed by atoms with van der Waals surface area (Å²) in [5, 5.41) is 19.0. The lowest BCUT2D eigenvalue weighted by atomic mass is 10.2. The summed E-state index contributed by atoms with van der Waals surface area (Å²) in [6.45, 7) is 3.25. The average Bonchev–Trinajstić information content (AvgIpc) is 3.18. The molecule has 7 nitrogen and oxygen atoms in total. The van der Waals surface area contributed by atoms with Crippen LogP contribution in [0.3, 0.4) is 0 Å². The summed E-state index contributed by atoms with van der Waals surface area (Å²) < 4.78 is 3.60. The van der Waals surface area contributed by atoms with Crippen molar-refractivity contribution in [1.29, 1.82) is 0 Å². The Bertz CT molecular complexity index is 759. The number of thiophene rings is 1. The van der Waals surface area contributed by atoms with Crippen LogP contribution >= 0.6 is 11.3 Å². The Kier molecular flexibility index (Phi) is 3.53. The molecule has 3 aromatic rings. The van der Waals surface area contributed by atoms with Crippen molar-refractivity contribution in [2.45, 2.75) is 20.0 Å². The fourth-order valence-corrected chi connectivity index (χ4v) is 2.92. The van der Waals surface area contributed by atoms with Gasteiger partial charge in [-0.25, -0.2) is 14.5 Å². The Morgan fingerprint density at radius 3 is 3.00 bits per heavy atom. The van der Waals surface area contributed by atoms with Gasteiger partial charge in [0.05, 0.1) is 29.6 Å². The number of hydrogen-bond acceptors (Lipinski definition) is 5. The zero-order valence-electron chi connectivity index (χ0n) is 11.3. The van der Waals surface area contributed by atoms with E-state index < -0.39 is 5.97 Å². The summed E-state index contributed by atoms with van der Waals surface area (Å²) in [6, 6.07) is 3.74. The number of hydrogen-bond donors (Lipinski definition) is 1. The molecule has 21 heavy (non-hydrogen) atoms. The first-order valence-corrected chi connectivity index (χ1v) is 7.28. The summed E-state index contributed by atoms with van der Waals surface area (Å²) in [5.41, 5.74) is 1.46. The highest BCUT2D eigenvalue weighted by Crippen LogP contribution is 2.27. The van der Waals surface area contributed by atoms with Crippen molar-refractivity contribution in [3.8, 4) is 10.6 Å². The van der Waals surface area contributed by atoms with Crippen LogP contribution in [0, 0.1) is 0 Å². The number of aromatic carboxylic acids is 1.